The first kappa shape index (κ1) is 16.6. The van der Waals surface area contributed by atoms with Gasteiger partial charge in [-0.3, -0.25) is 14.6 Å². The first-order chi connectivity index (χ1) is 11.0. The highest BCUT2D eigenvalue weighted by Crippen LogP contribution is 2.20. The van der Waals surface area contributed by atoms with Crippen molar-refractivity contribution in [2.45, 2.75) is 0 Å². The number of anilines is 1. The zero-order valence-corrected chi connectivity index (χ0v) is 12.7. The number of rotatable bonds is 5. The summed E-state index contributed by atoms with van der Waals surface area (Å²) >= 11 is 5.66. The van der Waals surface area contributed by atoms with E-state index in [1.807, 2.05) is 0 Å². The minimum Gasteiger partial charge on any atom is -0.347 e. The molecule has 2 rings (SSSR count). The summed E-state index contributed by atoms with van der Waals surface area (Å²) in [6.07, 6.45) is 2.89. The highest BCUT2D eigenvalue weighted by atomic mass is 35.5. The summed E-state index contributed by atoms with van der Waals surface area (Å²) in [6.45, 7) is 3.79. The van der Waals surface area contributed by atoms with Crippen LogP contribution in [0.5, 0.6) is 0 Å². The van der Waals surface area contributed by atoms with E-state index in [4.69, 9.17) is 11.6 Å². The third-order valence-corrected chi connectivity index (χ3v) is 3.13. The fraction of sp³-hybridized carbons (Fsp3) is 0.0625. The van der Waals surface area contributed by atoms with E-state index in [-0.39, 0.29) is 16.3 Å². The van der Waals surface area contributed by atoms with E-state index < -0.39 is 17.6 Å². The Kier molecular flexibility index (Phi) is 5.43. The van der Waals surface area contributed by atoms with Crippen LogP contribution in [0.1, 0.15) is 20.8 Å². The average Bonchev–Trinajstić information content (AvgIpc) is 2.56. The van der Waals surface area contributed by atoms with Crippen molar-refractivity contribution in [2.75, 3.05) is 11.9 Å². The van der Waals surface area contributed by atoms with Gasteiger partial charge in [0.1, 0.15) is 11.5 Å². The highest BCUT2D eigenvalue weighted by molar-refractivity contribution is 6.31. The average molecular weight is 334 g/mol. The topological polar surface area (TPSA) is 71.1 Å². The van der Waals surface area contributed by atoms with Crippen LogP contribution in [-0.2, 0) is 0 Å². The summed E-state index contributed by atoms with van der Waals surface area (Å²) in [5.41, 5.74) is 0.691. The normalized spacial score (nSPS) is 10.0. The second-order valence-corrected chi connectivity index (χ2v) is 4.92. The van der Waals surface area contributed by atoms with Gasteiger partial charge in [-0.1, -0.05) is 17.7 Å². The highest BCUT2D eigenvalue weighted by Gasteiger charge is 2.12. The molecule has 1 aromatic heterocycles. The summed E-state index contributed by atoms with van der Waals surface area (Å²) in [7, 11) is 0. The Balaban J connectivity index is 2.14. The molecule has 118 valence electrons. The Morgan fingerprint density at radius 2 is 2.04 bits per heavy atom. The molecule has 0 saturated heterocycles. The molecular weight excluding hydrogens is 321 g/mol. The van der Waals surface area contributed by atoms with Crippen LogP contribution in [0.4, 0.5) is 10.1 Å². The standard InChI is InChI=1S/C16H13ClFN3O2/c1-2-6-20-16(23)14-8-10(5-7-19-14)15(22)21-11-3-4-13(18)12(17)9-11/h2-5,7-9H,1,6H2,(H,20,23)(H,21,22). The maximum absolute atomic E-state index is 13.1. The van der Waals surface area contributed by atoms with Gasteiger partial charge in [-0.15, -0.1) is 6.58 Å². The third-order valence-electron chi connectivity index (χ3n) is 2.84. The Morgan fingerprint density at radius 1 is 1.26 bits per heavy atom. The van der Waals surface area contributed by atoms with Crippen molar-refractivity contribution in [3.63, 3.8) is 0 Å². The van der Waals surface area contributed by atoms with Crippen molar-refractivity contribution in [3.8, 4) is 0 Å². The molecule has 23 heavy (non-hydrogen) atoms. The summed E-state index contributed by atoms with van der Waals surface area (Å²) in [5.74, 6) is -1.45. The van der Waals surface area contributed by atoms with E-state index in [0.717, 1.165) is 6.07 Å². The Hall–Kier alpha value is -2.73. The van der Waals surface area contributed by atoms with Crippen molar-refractivity contribution < 1.29 is 14.0 Å². The van der Waals surface area contributed by atoms with Crippen molar-refractivity contribution in [1.82, 2.24) is 10.3 Å². The first-order valence-electron chi connectivity index (χ1n) is 6.63. The molecule has 0 aliphatic carbocycles. The smallest absolute Gasteiger partial charge is 0.270 e. The van der Waals surface area contributed by atoms with Crippen LogP contribution in [0.3, 0.4) is 0 Å². The van der Waals surface area contributed by atoms with E-state index in [1.165, 1.54) is 36.5 Å². The number of nitrogens with one attached hydrogen (secondary N) is 2. The molecule has 0 saturated carbocycles. The molecule has 0 fully saturated rings. The van der Waals surface area contributed by atoms with Crippen molar-refractivity contribution in [2.24, 2.45) is 0 Å². The molecule has 2 amide bonds. The second-order valence-electron chi connectivity index (χ2n) is 4.51. The van der Waals surface area contributed by atoms with E-state index in [2.05, 4.69) is 22.2 Å². The van der Waals surface area contributed by atoms with Gasteiger partial charge in [0.25, 0.3) is 11.8 Å². The van der Waals surface area contributed by atoms with Gasteiger partial charge < -0.3 is 10.6 Å². The molecule has 0 aliphatic rings. The zero-order chi connectivity index (χ0) is 16.8. The minimum atomic E-state index is -0.574. The van der Waals surface area contributed by atoms with Crippen molar-refractivity contribution >= 4 is 29.1 Å². The monoisotopic (exact) mass is 333 g/mol. The lowest BCUT2D eigenvalue weighted by atomic mass is 10.2. The fourth-order valence-corrected chi connectivity index (χ4v) is 1.91. The molecule has 0 atom stereocenters. The number of carbonyl (C=O) groups is 2. The molecule has 2 aromatic rings. The number of carbonyl (C=O) groups excluding carboxylic acids is 2. The van der Waals surface area contributed by atoms with E-state index in [0.29, 0.717) is 12.2 Å². The van der Waals surface area contributed by atoms with Crippen molar-refractivity contribution in [3.05, 3.63) is 71.3 Å². The Labute approximate surface area is 137 Å². The largest absolute Gasteiger partial charge is 0.347 e. The van der Waals surface area contributed by atoms with Crippen LogP contribution in [0.15, 0.2) is 49.2 Å². The van der Waals surface area contributed by atoms with Gasteiger partial charge in [0.2, 0.25) is 0 Å². The second kappa shape index (κ2) is 7.51. The third kappa shape index (κ3) is 4.37. The molecule has 0 unspecified atom stereocenters. The lowest BCUT2D eigenvalue weighted by molar-refractivity contribution is 0.0953. The van der Waals surface area contributed by atoms with Gasteiger partial charge >= 0.3 is 0 Å². The Bertz CT molecular complexity index is 765. The number of nitrogens with zero attached hydrogens (tertiary/aromatic N) is 1. The van der Waals surface area contributed by atoms with Gasteiger partial charge in [-0.25, -0.2) is 4.39 Å². The van der Waals surface area contributed by atoms with E-state index in [9.17, 15) is 14.0 Å². The van der Waals surface area contributed by atoms with Crippen LogP contribution in [0.2, 0.25) is 5.02 Å². The predicted octanol–water partition coefficient (Wildman–Crippen LogP) is 3.04. The molecule has 0 bridgehead atoms. The number of hydrogen-bond donors (Lipinski definition) is 2. The molecule has 2 N–H and O–H groups in total. The predicted molar refractivity (Wildman–Crippen MR) is 86.1 cm³/mol. The van der Waals surface area contributed by atoms with E-state index >= 15 is 0 Å². The number of hydrogen-bond acceptors (Lipinski definition) is 3. The van der Waals surface area contributed by atoms with Crippen LogP contribution < -0.4 is 10.6 Å². The van der Waals surface area contributed by atoms with Crippen LogP contribution >= 0.6 is 11.6 Å². The van der Waals surface area contributed by atoms with Gasteiger partial charge in [-0.05, 0) is 30.3 Å². The quantitative estimate of drug-likeness (QED) is 0.826. The summed E-state index contributed by atoms with van der Waals surface area (Å²) < 4.78 is 13.1. The molecule has 0 spiro atoms. The number of benzene rings is 1. The van der Waals surface area contributed by atoms with Crippen LogP contribution in [-0.4, -0.2) is 23.3 Å². The van der Waals surface area contributed by atoms with E-state index in [1.54, 1.807) is 0 Å². The number of halogens is 2. The number of amides is 2. The summed E-state index contributed by atoms with van der Waals surface area (Å²) in [6, 6.07) is 6.66. The first-order valence-corrected chi connectivity index (χ1v) is 7.00. The summed E-state index contributed by atoms with van der Waals surface area (Å²) in [4.78, 5) is 27.9. The maximum atomic E-state index is 13.1. The van der Waals surface area contributed by atoms with Crippen LogP contribution in [0.25, 0.3) is 0 Å². The molecule has 0 radical (unpaired) electrons. The zero-order valence-electron chi connectivity index (χ0n) is 12.0. The van der Waals surface area contributed by atoms with Gasteiger partial charge in [0, 0.05) is 24.0 Å². The fourth-order valence-electron chi connectivity index (χ4n) is 1.73. The number of aromatic nitrogens is 1. The summed E-state index contributed by atoms with van der Waals surface area (Å²) in [5, 5.41) is 5.04. The molecule has 7 heteroatoms. The van der Waals surface area contributed by atoms with Crippen molar-refractivity contribution in [1.29, 1.82) is 0 Å². The SMILES string of the molecule is C=CCNC(=O)c1cc(C(=O)Nc2ccc(F)c(Cl)c2)ccn1. The van der Waals surface area contributed by atoms with Gasteiger partial charge in [0.15, 0.2) is 0 Å². The maximum Gasteiger partial charge on any atom is 0.270 e. The number of pyridine rings is 1. The molecule has 5 nitrogen and oxygen atoms in total. The Morgan fingerprint density at radius 3 is 2.74 bits per heavy atom. The van der Waals surface area contributed by atoms with Crippen LogP contribution in [0, 0.1) is 5.82 Å². The lowest BCUT2D eigenvalue weighted by Crippen LogP contribution is -2.24. The molecular formula is C16H13ClFN3O2. The lowest BCUT2D eigenvalue weighted by Gasteiger charge is -2.07. The molecule has 1 heterocycles. The van der Waals surface area contributed by atoms with Gasteiger partial charge in [0.05, 0.1) is 5.02 Å². The van der Waals surface area contributed by atoms with Gasteiger partial charge in [-0.2, -0.15) is 0 Å². The minimum absolute atomic E-state index is 0.0954. The molecule has 0 aliphatic heterocycles. The molecule has 1 aromatic carbocycles.